The third kappa shape index (κ3) is 6.05. The molecule has 3 aromatic rings. The minimum atomic E-state index is -2.71. The van der Waals surface area contributed by atoms with Gasteiger partial charge < -0.3 is 18.2 Å². The van der Waals surface area contributed by atoms with Gasteiger partial charge in [-0.1, -0.05) is 54.6 Å². The van der Waals surface area contributed by atoms with Gasteiger partial charge in [-0.05, 0) is 63.1 Å². The first-order chi connectivity index (χ1) is 15.2. The Morgan fingerprint density at radius 3 is 1.55 bits per heavy atom. The zero-order valence-corrected chi connectivity index (χ0v) is 19.8. The summed E-state index contributed by atoms with van der Waals surface area (Å²) >= 11 is 0. The predicted octanol–water partition coefficient (Wildman–Crippen LogP) is 6.75. The molecular weight excluding hydrogens is 402 g/mol. The minimum absolute atomic E-state index is 0.591. The van der Waals surface area contributed by atoms with E-state index in [4.69, 9.17) is 13.3 Å². The lowest BCUT2D eigenvalue weighted by atomic mass is 10.1. The molecule has 0 saturated heterocycles. The van der Waals surface area contributed by atoms with E-state index < -0.39 is 8.80 Å². The number of benzene rings is 3. The molecule has 0 aromatic heterocycles. The van der Waals surface area contributed by atoms with Crippen molar-refractivity contribution in [2.24, 2.45) is 0 Å². The lowest BCUT2D eigenvalue weighted by Gasteiger charge is -2.30. The zero-order valence-electron chi connectivity index (χ0n) is 18.8. The fourth-order valence-electron chi connectivity index (χ4n) is 3.81. The number of aryl methyl sites for hydroxylation is 1. The standard InChI is InChI=1S/C26H33NO3Si/c1-4-28-31(29-5-2,30-6-3)22-21-23-15-13-14-20-26(23)27(24-16-9-7-10-17-24)25-18-11-8-12-19-25/h7-20H,4-6,21-22H2,1-3H3. The highest BCUT2D eigenvalue weighted by atomic mass is 28.4. The number of hydrogen-bond donors (Lipinski definition) is 0. The smallest absolute Gasteiger partial charge is 0.374 e. The molecule has 0 saturated carbocycles. The summed E-state index contributed by atoms with van der Waals surface area (Å²) in [6.45, 7) is 7.77. The predicted molar refractivity (Wildman–Crippen MR) is 130 cm³/mol. The van der Waals surface area contributed by atoms with E-state index in [1.54, 1.807) is 0 Å². The van der Waals surface area contributed by atoms with Crippen LogP contribution in [0, 0.1) is 0 Å². The van der Waals surface area contributed by atoms with Crippen LogP contribution in [0.4, 0.5) is 17.1 Å². The number of nitrogens with zero attached hydrogens (tertiary/aromatic N) is 1. The molecule has 5 heteroatoms. The second kappa shape index (κ2) is 11.8. The molecule has 0 aliphatic rings. The molecule has 0 radical (unpaired) electrons. The summed E-state index contributed by atoms with van der Waals surface area (Å²) in [7, 11) is -2.71. The van der Waals surface area contributed by atoms with E-state index in [2.05, 4.69) is 77.7 Å². The molecular formula is C26H33NO3Si. The second-order valence-electron chi connectivity index (χ2n) is 7.12. The van der Waals surface area contributed by atoms with Gasteiger partial charge >= 0.3 is 8.80 Å². The van der Waals surface area contributed by atoms with Crippen LogP contribution in [0.5, 0.6) is 0 Å². The van der Waals surface area contributed by atoms with Gasteiger partial charge in [-0.25, -0.2) is 0 Å². The van der Waals surface area contributed by atoms with Crippen LogP contribution in [0.3, 0.4) is 0 Å². The van der Waals surface area contributed by atoms with Gasteiger partial charge in [-0.2, -0.15) is 0 Å². The van der Waals surface area contributed by atoms with Crippen molar-refractivity contribution < 1.29 is 13.3 Å². The van der Waals surface area contributed by atoms with Crippen LogP contribution in [-0.4, -0.2) is 28.6 Å². The quantitative estimate of drug-likeness (QED) is 0.295. The Hall–Kier alpha value is -2.44. The van der Waals surface area contributed by atoms with E-state index >= 15 is 0 Å². The van der Waals surface area contributed by atoms with E-state index in [9.17, 15) is 0 Å². The van der Waals surface area contributed by atoms with Crippen molar-refractivity contribution in [1.29, 1.82) is 0 Å². The summed E-state index contributed by atoms with van der Waals surface area (Å²) in [4.78, 5) is 2.31. The highest BCUT2D eigenvalue weighted by Gasteiger charge is 2.40. The van der Waals surface area contributed by atoms with Crippen LogP contribution in [0.2, 0.25) is 6.04 Å². The van der Waals surface area contributed by atoms with Crippen molar-refractivity contribution in [3.8, 4) is 0 Å². The SMILES string of the molecule is CCO[Si](CCc1ccccc1N(c1ccccc1)c1ccccc1)(OCC)OCC. The molecule has 31 heavy (non-hydrogen) atoms. The van der Waals surface area contributed by atoms with Crippen molar-refractivity contribution in [3.05, 3.63) is 90.5 Å². The van der Waals surface area contributed by atoms with Crippen molar-refractivity contribution in [1.82, 2.24) is 0 Å². The number of anilines is 3. The van der Waals surface area contributed by atoms with E-state index in [0.717, 1.165) is 29.5 Å². The molecule has 3 rings (SSSR count). The minimum Gasteiger partial charge on any atom is -0.374 e. The lowest BCUT2D eigenvalue weighted by Crippen LogP contribution is -2.46. The summed E-state index contributed by atoms with van der Waals surface area (Å²) in [5.41, 5.74) is 4.66. The maximum absolute atomic E-state index is 6.08. The van der Waals surface area contributed by atoms with Crippen LogP contribution >= 0.6 is 0 Å². The molecule has 0 N–H and O–H groups in total. The van der Waals surface area contributed by atoms with E-state index in [0.29, 0.717) is 19.8 Å². The number of para-hydroxylation sites is 3. The highest BCUT2D eigenvalue weighted by molar-refractivity contribution is 6.60. The van der Waals surface area contributed by atoms with Gasteiger partial charge in [0.25, 0.3) is 0 Å². The Morgan fingerprint density at radius 2 is 1.06 bits per heavy atom. The maximum atomic E-state index is 6.08. The van der Waals surface area contributed by atoms with Gasteiger partial charge in [-0.3, -0.25) is 0 Å². The van der Waals surface area contributed by atoms with Gasteiger partial charge in [0.1, 0.15) is 0 Å². The average Bonchev–Trinajstić information content (AvgIpc) is 2.81. The Labute approximate surface area is 187 Å². The fourth-order valence-corrected chi connectivity index (χ4v) is 6.39. The summed E-state index contributed by atoms with van der Waals surface area (Å²) in [6, 6.07) is 30.3. The number of rotatable bonds is 12. The molecule has 0 heterocycles. The molecule has 0 unspecified atom stereocenters. The summed E-state index contributed by atoms with van der Waals surface area (Å²) in [5, 5.41) is 0. The van der Waals surface area contributed by atoms with Crippen molar-refractivity contribution in [2.45, 2.75) is 33.2 Å². The first-order valence-electron chi connectivity index (χ1n) is 11.1. The third-order valence-electron chi connectivity index (χ3n) is 5.05. The first-order valence-corrected chi connectivity index (χ1v) is 13.1. The zero-order chi connectivity index (χ0) is 21.9. The largest absolute Gasteiger partial charge is 0.501 e. The van der Waals surface area contributed by atoms with E-state index in [-0.39, 0.29) is 0 Å². The Balaban J connectivity index is 1.97. The van der Waals surface area contributed by atoms with Crippen molar-refractivity contribution in [2.75, 3.05) is 24.7 Å². The molecule has 4 nitrogen and oxygen atoms in total. The monoisotopic (exact) mass is 435 g/mol. The summed E-state index contributed by atoms with van der Waals surface area (Å²) in [5.74, 6) is 0. The molecule has 164 valence electrons. The van der Waals surface area contributed by atoms with E-state index in [1.807, 2.05) is 32.9 Å². The van der Waals surface area contributed by atoms with Gasteiger partial charge in [0, 0.05) is 42.9 Å². The first kappa shape index (κ1) is 23.2. The molecule has 0 atom stereocenters. The third-order valence-corrected chi connectivity index (χ3v) is 8.10. The van der Waals surface area contributed by atoms with Crippen molar-refractivity contribution >= 4 is 25.9 Å². The van der Waals surface area contributed by atoms with Gasteiger partial charge in [-0.15, -0.1) is 0 Å². The van der Waals surface area contributed by atoms with Crippen LogP contribution in [0.25, 0.3) is 0 Å². The van der Waals surface area contributed by atoms with Gasteiger partial charge in [0.05, 0.1) is 0 Å². The number of hydrogen-bond acceptors (Lipinski definition) is 4. The maximum Gasteiger partial charge on any atom is 0.501 e. The van der Waals surface area contributed by atoms with Crippen LogP contribution < -0.4 is 4.90 Å². The molecule has 0 aliphatic heterocycles. The molecule has 0 aliphatic carbocycles. The van der Waals surface area contributed by atoms with Crippen LogP contribution in [0.15, 0.2) is 84.9 Å². The molecule has 0 fully saturated rings. The Morgan fingerprint density at radius 1 is 0.613 bits per heavy atom. The Bertz CT molecular complexity index is 848. The molecule has 3 aromatic carbocycles. The van der Waals surface area contributed by atoms with Gasteiger partial charge in [0.2, 0.25) is 0 Å². The topological polar surface area (TPSA) is 30.9 Å². The summed E-state index contributed by atoms with van der Waals surface area (Å²) < 4.78 is 18.2. The lowest BCUT2D eigenvalue weighted by molar-refractivity contribution is 0.0714. The highest BCUT2D eigenvalue weighted by Crippen LogP contribution is 2.37. The normalized spacial score (nSPS) is 11.5. The Kier molecular flexibility index (Phi) is 8.85. The summed E-state index contributed by atoms with van der Waals surface area (Å²) in [6.07, 6.45) is 0.818. The van der Waals surface area contributed by atoms with Gasteiger partial charge in [0.15, 0.2) is 0 Å². The van der Waals surface area contributed by atoms with Crippen molar-refractivity contribution in [3.63, 3.8) is 0 Å². The average molecular weight is 436 g/mol. The van der Waals surface area contributed by atoms with E-state index in [1.165, 1.54) is 5.56 Å². The fraction of sp³-hybridized carbons (Fsp3) is 0.308. The van der Waals surface area contributed by atoms with Crippen LogP contribution in [0.1, 0.15) is 26.3 Å². The molecule has 0 spiro atoms. The van der Waals surface area contributed by atoms with Crippen LogP contribution in [-0.2, 0) is 19.7 Å². The second-order valence-corrected chi connectivity index (χ2v) is 9.85. The molecule has 0 amide bonds. The molecule has 0 bridgehead atoms.